The van der Waals surface area contributed by atoms with Crippen molar-refractivity contribution in [1.29, 1.82) is 0 Å². The molecule has 0 amide bonds. The minimum Gasteiger partial charge on any atom is -0.384 e. The number of nitrogens with one attached hydrogen (secondary N) is 1. The van der Waals surface area contributed by atoms with Crippen LogP contribution in [0, 0.1) is 11.3 Å². The summed E-state index contributed by atoms with van der Waals surface area (Å²) < 4.78 is 5.31. The first-order chi connectivity index (χ1) is 9.13. The van der Waals surface area contributed by atoms with Gasteiger partial charge in [0.05, 0.1) is 6.61 Å². The van der Waals surface area contributed by atoms with Crippen molar-refractivity contribution >= 4 is 0 Å². The Morgan fingerprint density at radius 2 is 2.05 bits per heavy atom. The van der Waals surface area contributed by atoms with Crippen molar-refractivity contribution in [3.05, 3.63) is 0 Å². The average Bonchev–Trinajstić information content (AvgIpc) is 2.99. The summed E-state index contributed by atoms with van der Waals surface area (Å²) in [7, 11) is 1.83. The zero-order chi connectivity index (χ0) is 13.7. The third-order valence-corrected chi connectivity index (χ3v) is 4.88. The molecule has 0 bridgehead atoms. The highest BCUT2D eigenvalue weighted by Gasteiger charge is 2.37. The van der Waals surface area contributed by atoms with Gasteiger partial charge in [0.2, 0.25) is 0 Å². The highest BCUT2D eigenvalue weighted by molar-refractivity contribution is 4.91. The Morgan fingerprint density at radius 3 is 2.68 bits per heavy atom. The molecule has 1 saturated heterocycles. The molecule has 2 fully saturated rings. The highest BCUT2D eigenvalue weighted by atomic mass is 16.5. The van der Waals surface area contributed by atoms with Crippen molar-refractivity contribution in [1.82, 2.24) is 10.2 Å². The molecule has 1 aliphatic heterocycles. The summed E-state index contributed by atoms with van der Waals surface area (Å²) in [5.41, 5.74) is 0.548. The van der Waals surface area contributed by atoms with E-state index < -0.39 is 0 Å². The van der Waals surface area contributed by atoms with Gasteiger partial charge in [0.1, 0.15) is 0 Å². The number of methoxy groups -OCH3 is 1. The van der Waals surface area contributed by atoms with Crippen molar-refractivity contribution in [3.63, 3.8) is 0 Å². The van der Waals surface area contributed by atoms with Crippen molar-refractivity contribution in [2.24, 2.45) is 11.3 Å². The number of ether oxygens (including phenoxy) is 1. The van der Waals surface area contributed by atoms with E-state index in [0.717, 1.165) is 12.5 Å². The van der Waals surface area contributed by atoms with Crippen molar-refractivity contribution in [2.75, 3.05) is 39.9 Å². The summed E-state index contributed by atoms with van der Waals surface area (Å²) in [6.07, 6.45) is 7.00. The van der Waals surface area contributed by atoms with Crippen LogP contribution in [0.3, 0.4) is 0 Å². The zero-order valence-corrected chi connectivity index (χ0v) is 13.1. The Kier molecular flexibility index (Phi) is 5.67. The van der Waals surface area contributed by atoms with Gasteiger partial charge in [-0.05, 0) is 37.1 Å². The molecule has 1 atom stereocenters. The molecule has 1 heterocycles. The molecule has 2 rings (SSSR count). The van der Waals surface area contributed by atoms with E-state index in [-0.39, 0.29) is 0 Å². The van der Waals surface area contributed by atoms with E-state index in [1.807, 2.05) is 7.11 Å². The van der Waals surface area contributed by atoms with Crippen molar-refractivity contribution < 1.29 is 4.74 Å². The number of hydrogen-bond donors (Lipinski definition) is 1. The minimum atomic E-state index is 0.548. The molecular weight excluding hydrogens is 236 g/mol. The molecule has 2 aliphatic rings. The van der Waals surface area contributed by atoms with Crippen LogP contribution in [0.15, 0.2) is 0 Å². The van der Waals surface area contributed by atoms with Gasteiger partial charge in [-0.1, -0.05) is 26.7 Å². The number of likely N-dealkylation sites (tertiary alicyclic amines) is 1. The lowest BCUT2D eigenvalue weighted by molar-refractivity contribution is 0.136. The predicted molar refractivity (Wildman–Crippen MR) is 80.5 cm³/mol. The molecule has 0 aromatic heterocycles. The standard InChI is InChI=1S/C16H32N2O/c1-14(2)17-12-16(7-4-5-8-16)13-18-9-6-15(10-18)11-19-3/h14-15,17H,4-13H2,1-3H3. The zero-order valence-electron chi connectivity index (χ0n) is 13.1. The minimum absolute atomic E-state index is 0.548. The molecule has 0 radical (unpaired) electrons. The molecule has 3 nitrogen and oxygen atoms in total. The van der Waals surface area contributed by atoms with Crippen molar-refractivity contribution in [3.8, 4) is 0 Å². The van der Waals surface area contributed by atoms with Crippen LogP contribution in [-0.4, -0.2) is 50.8 Å². The molecule has 112 valence electrons. The average molecular weight is 268 g/mol. The third kappa shape index (κ3) is 4.44. The van der Waals surface area contributed by atoms with Crippen LogP contribution in [-0.2, 0) is 4.74 Å². The van der Waals surface area contributed by atoms with Gasteiger partial charge in [-0.15, -0.1) is 0 Å². The molecule has 19 heavy (non-hydrogen) atoms. The van der Waals surface area contributed by atoms with E-state index in [9.17, 15) is 0 Å². The topological polar surface area (TPSA) is 24.5 Å². The van der Waals surface area contributed by atoms with Gasteiger partial charge in [0.15, 0.2) is 0 Å². The molecule has 1 saturated carbocycles. The lowest BCUT2D eigenvalue weighted by Crippen LogP contribution is -2.43. The van der Waals surface area contributed by atoms with E-state index in [4.69, 9.17) is 4.74 Å². The van der Waals surface area contributed by atoms with Crippen molar-refractivity contribution in [2.45, 2.75) is 52.0 Å². The van der Waals surface area contributed by atoms with Gasteiger partial charge in [0.25, 0.3) is 0 Å². The first-order valence-corrected chi connectivity index (χ1v) is 8.08. The second kappa shape index (κ2) is 7.05. The molecule has 1 N–H and O–H groups in total. The molecular formula is C16H32N2O. The highest BCUT2D eigenvalue weighted by Crippen LogP contribution is 2.39. The van der Waals surface area contributed by atoms with E-state index in [2.05, 4.69) is 24.1 Å². The summed E-state index contributed by atoms with van der Waals surface area (Å²) in [6, 6.07) is 0.609. The molecule has 0 spiro atoms. The molecule has 1 aliphatic carbocycles. The van der Waals surface area contributed by atoms with Crippen LogP contribution < -0.4 is 5.32 Å². The normalized spacial score (nSPS) is 27.5. The van der Waals surface area contributed by atoms with Gasteiger partial charge < -0.3 is 15.0 Å². The van der Waals surface area contributed by atoms with Crippen LogP contribution >= 0.6 is 0 Å². The van der Waals surface area contributed by atoms with Crippen LogP contribution in [0.5, 0.6) is 0 Å². The molecule has 1 unspecified atom stereocenters. The fraction of sp³-hybridized carbons (Fsp3) is 1.00. The van der Waals surface area contributed by atoms with Crippen LogP contribution in [0.2, 0.25) is 0 Å². The van der Waals surface area contributed by atoms with E-state index in [1.54, 1.807) is 0 Å². The Bertz CT molecular complexity index is 261. The van der Waals surface area contributed by atoms with E-state index in [0.29, 0.717) is 11.5 Å². The lowest BCUT2D eigenvalue weighted by atomic mass is 9.85. The maximum Gasteiger partial charge on any atom is 0.0503 e. The number of nitrogens with zero attached hydrogens (tertiary/aromatic N) is 1. The SMILES string of the molecule is COCC1CCN(CC2(CNC(C)C)CCCC2)C1. The quantitative estimate of drug-likeness (QED) is 0.768. The summed E-state index contributed by atoms with van der Waals surface area (Å²) in [4.78, 5) is 2.69. The lowest BCUT2D eigenvalue weighted by Gasteiger charge is -2.34. The van der Waals surface area contributed by atoms with Crippen LogP contribution in [0.4, 0.5) is 0 Å². The molecule has 3 heteroatoms. The number of rotatable bonds is 7. The summed E-state index contributed by atoms with van der Waals surface area (Å²) >= 11 is 0. The first kappa shape index (κ1) is 15.3. The van der Waals surface area contributed by atoms with Gasteiger partial charge in [-0.2, -0.15) is 0 Å². The van der Waals surface area contributed by atoms with Gasteiger partial charge in [-0.25, -0.2) is 0 Å². The molecule has 0 aromatic rings. The monoisotopic (exact) mass is 268 g/mol. The van der Waals surface area contributed by atoms with Gasteiger partial charge in [-0.3, -0.25) is 0 Å². The maximum absolute atomic E-state index is 5.31. The fourth-order valence-electron chi connectivity index (χ4n) is 3.84. The van der Waals surface area contributed by atoms with Gasteiger partial charge >= 0.3 is 0 Å². The Morgan fingerprint density at radius 1 is 1.32 bits per heavy atom. The van der Waals surface area contributed by atoms with Crippen LogP contribution in [0.1, 0.15) is 46.0 Å². The van der Waals surface area contributed by atoms with E-state index in [1.165, 1.54) is 58.3 Å². The Hall–Kier alpha value is -0.120. The Balaban J connectivity index is 1.83. The number of hydrogen-bond acceptors (Lipinski definition) is 3. The Labute approximate surface area is 119 Å². The maximum atomic E-state index is 5.31. The largest absolute Gasteiger partial charge is 0.384 e. The predicted octanol–water partition coefficient (Wildman–Crippen LogP) is 2.51. The van der Waals surface area contributed by atoms with E-state index >= 15 is 0 Å². The molecule has 0 aromatic carbocycles. The van der Waals surface area contributed by atoms with Gasteiger partial charge in [0, 0.05) is 32.8 Å². The summed E-state index contributed by atoms with van der Waals surface area (Å²) in [5.74, 6) is 0.765. The second-order valence-corrected chi connectivity index (χ2v) is 7.09. The fourth-order valence-corrected chi connectivity index (χ4v) is 3.84. The summed E-state index contributed by atoms with van der Waals surface area (Å²) in [5, 5.41) is 3.69. The first-order valence-electron chi connectivity index (χ1n) is 8.08. The third-order valence-electron chi connectivity index (χ3n) is 4.88. The summed E-state index contributed by atoms with van der Waals surface area (Å²) in [6.45, 7) is 10.5. The van der Waals surface area contributed by atoms with Crippen LogP contribution in [0.25, 0.3) is 0 Å². The smallest absolute Gasteiger partial charge is 0.0503 e. The second-order valence-electron chi connectivity index (χ2n) is 7.09.